The van der Waals surface area contributed by atoms with E-state index in [4.69, 9.17) is 0 Å². The molecule has 0 spiro atoms. The molecule has 2 aromatic carbocycles. The van der Waals surface area contributed by atoms with Crippen LogP contribution in [0.3, 0.4) is 0 Å². The highest BCUT2D eigenvalue weighted by molar-refractivity contribution is 5.71. The van der Waals surface area contributed by atoms with Crippen molar-refractivity contribution in [1.29, 1.82) is 0 Å². The first-order chi connectivity index (χ1) is 16.1. The first-order valence-corrected chi connectivity index (χ1v) is 12.6. The predicted molar refractivity (Wildman–Crippen MR) is 145 cm³/mol. The van der Waals surface area contributed by atoms with Crippen LogP contribution in [0.5, 0.6) is 11.5 Å². The van der Waals surface area contributed by atoms with Crippen molar-refractivity contribution in [3.63, 3.8) is 0 Å². The van der Waals surface area contributed by atoms with Crippen molar-refractivity contribution in [3.05, 3.63) is 70.8 Å². The second-order valence-electron chi connectivity index (χ2n) is 9.48. The standard InChI is InChI=1S/C30H44N2O2/c1-9-31(10-2)19-27-17-23(15-25(29(27)33)13-21(5)6)24-16-26(14-22(7)8)30(34)28(18-24)20-32(11-3)12-4/h15-18,33-34H,5,7,9-14,19-20H2,1-4,6,8H3. The molecule has 186 valence electrons. The fourth-order valence-electron chi connectivity index (χ4n) is 4.39. The monoisotopic (exact) mass is 464 g/mol. The Bertz CT molecular complexity index is 920. The minimum atomic E-state index is 0.364. The topological polar surface area (TPSA) is 46.9 Å². The molecule has 2 N–H and O–H groups in total. The van der Waals surface area contributed by atoms with E-state index in [0.29, 0.717) is 37.4 Å². The van der Waals surface area contributed by atoms with Crippen molar-refractivity contribution in [1.82, 2.24) is 9.80 Å². The average Bonchev–Trinajstić information content (AvgIpc) is 2.79. The van der Waals surface area contributed by atoms with Crippen LogP contribution in [0.25, 0.3) is 11.1 Å². The molecule has 0 saturated heterocycles. The maximum Gasteiger partial charge on any atom is 0.123 e. The van der Waals surface area contributed by atoms with Gasteiger partial charge in [-0.1, -0.05) is 52.0 Å². The highest BCUT2D eigenvalue weighted by Gasteiger charge is 2.17. The number of allylic oxidation sites excluding steroid dienone is 2. The molecule has 4 heteroatoms. The predicted octanol–water partition coefficient (Wildman–Crippen LogP) is 6.69. The van der Waals surface area contributed by atoms with E-state index >= 15 is 0 Å². The van der Waals surface area contributed by atoms with Crippen LogP contribution in [-0.4, -0.2) is 46.2 Å². The van der Waals surface area contributed by atoms with Gasteiger partial charge in [-0.15, -0.1) is 0 Å². The number of phenols is 2. The summed E-state index contributed by atoms with van der Waals surface area (Å²) in [4.78, 5) is 4.61. The van der Waals surface area contributed by atoms with Crippen molar-refractivity contribution in [3.8, 4) is 22.6 Å². The summed E-state index contributed by atoms with van der Waals surface area (Å²) < 4.78 is 0. The first kappa shape index (κ1) is 27.7. The zero-order chi connectivity index (χ0) is 25.4. The van der Waals surface area contributed by atoms with Gasteiger partial charge in [0.1, 0.15) is 11.5 Å². The van der Waals surface area contributed by atoms with Crippen LogP contribution in [-0.2, 0) is 25.9 Å². The highest BCUT2D eigenvalue weighted by Crippen LogP contribution is 2.36. The number of benzene rings is 2. The second-order valence-corrected chi connectivity index (χ2v) is 9.48. The Morgan fingerprint density at radius 3 is 1.18 bits per heavy atom. The fourth-order valence-corrected chi connectivity index (χ4v) is 4.39. The van der Waals surface area contributed by atoms with Gasteiger partial charge >= 0.3 is 0 Å². The third-order valence-corrected chi connectivity index (χ3v) is 6.43. The Balaban J connectivity index is 2.70. The van der Waals surface area contributed by atoms with E-state index in [1.54, 1.807) is 0 Å². The molecule has 34 heavy (non-hydrogen) atoms. The highest BCUT2D eigenvalue weighted by atomic mass is 16.3. The Kier molecular flexibility index (Phi) is 10.4. The number of hydrogen-bond donors (Lipinski definition) is 2. The number of phenolic OH excluding ortho intramolecular Hbond substituents is 2. The van der Waals surface area contributed by atoms with E-state index in [-0.39, 0.29) is 0 Å². The quantitative estimate of drug-likeness (QED) is 0.324. The van der Waals surface area contributed by atoms with E-state index in [9.17, 15) is 10.2 Å². The van der Waals surface area contributed by atoms with Crippen LogP contribution < -0.4 is 0 Å². The molecule has 0 amide bonds. The van der Waals surface area contributed by atoms with Gasteiger partial charge in [0.15, 0.2) is 0 Å². The zero-order valence-electron chi connectivity index (χ0n) is 22.2. The molecule has 0 unspecified atom stereocenters. The van der Waals surface area contributed by atoms with E-state index in [1.165, 1.54) is 0 Å². The van der Waals surface area contributed by atoms with E-state index in [2.05, 4.69) is 74.9 Å². The SMILES string of the molecule is C=C(C)Cc1cc(-c2cc(CC(=C)C)c(O)c(CN(CC)CC)c2)cc(CN(CC)CC)c1O. The summed E-state index contributed by atoms with van der Waals surface area (Å²) in [5.41, 5.74) is 7.78. The maximum atomic E-state index is 11.1. The molecule has 0 atom stereocenters. The largest absolute Gasteiger partial charge is 0.507 e. The lowest BCUT2D eigenvalue weighted by Crippen LogP contribution is -2.22. The van der Waals surface area contributed by atoms with Crippen LogP contribution in [0.2, 0.25) is 0 Å². The molecule has 0 bridgehead atoms. The normalized spacial score (nSPS) is 11.4. The van der Waals surface area contributed by atoms with Gasteiger partial charge < -0.3 is 10.2 Å². The molecule has 0 aliphatic heterocycles. The van der Waals surface area contributed by atoms with Gasteiger partial charge in [0.05, 0.1) is 0 Å². The molecule has 2 aromatic rings. The number of aromatic hydroxyl groups is 2. The Morgan fingerprint density at radius 2 is 0.912 bits per heavy atom. The van der Waals surface area contributed by atoms with Crippen molar-refractivity contribution >= 4 is 0 Å². The van der Waals surface area contributed by atoms with Gasteiger partial charge in [-0.05, 0) is 99.4 Å². The Hall–Kier alpha value is -2.56. The van der Waals surface area contributed by atoms with Crippen LogP contribution in [0.4, 0.5) is 0 Å². The summed E-state index contributed by atoms with van der Waals surface area (Å²) in [6, 6.07) is 8.36. The summed E-state index contributed by atoms with van der Waals surface area (Å²) in [5, 5.41) is 22.2. The van der Waals surface area contributed by atoms with Gasteiger partial charge in [-0.25, -0.2) is 0 Å². The van der Waals surface area contributed by atoms with Crippen LogP contribution in [0.1, 0.15) is 63.8 Å². The van der Waals surface area contributed by atoms with Crippen molar-refractivity contribution < 1.29 is 10.2 Å². The van der Waals surface area contributed by atoms with E-state index < -0.39 is 0 Å². The average molecular weight is 465 g/mol. The van der Waals surface area contributed by atoms with Gasteiger partial charge in [-0.2, -0.15) is 0 Å². The lowest BCUT2D eigenvalue weighted by Gasteiger charge is -2.23. The Morgan fingerprint density at radius 1 is 0.618 bits per heavy atom. The molecular formula is C30H44N2O2. The van der Waals surface area contributed by atoms with Gasteiger partial charge in [0.25, 0.3) is 0 Å². The number of hydrogen-bond acceptors (Lipinski definition) is 4. The van der Waals surface area contributed by atoms with Crippen molar-refractivity contribution in [2.24, 2.45) is 0 Å². The number of rotatable bonds is 13. The minimum Gasteiger partial charge on any atom is -0.507 e. The smallest absolute Gasteiger partial charge is 0.123 e. The zero-order valence-corrected chi connectivity index (χ0v) is 22.2. The van der Waals surface area contributed by atoms with Crippen LogP contribution >= 0.6 is 0 Å². The third-order valence-electron chi connectivity index (χ3n) is 6.43. The van der Waals surface area contributed by atoms with Crippen molar-refractivity contribution in [2.45, 2.75) is 67.5 Å². The molecule has 0 saturated carbocycles. The molecule has 0 aliphatic rings. The summed E-state index contributed by atoms with van der Waals surface area (Å²) in [6.45, 7) is 25.8. The summed E-state index contributed by atoms with van der Waals surface area (Å²) in [7, 11) is 0. The molecule has 4 nitrogen and oxygen atoms in total. The molecule has 2 rings (SSSR count). The summed E-state index contributed by atoms with van der Waals surface area (Å²) >= 11 is 0. The lowest BCUT2D eigenvalue weighted by atomic mass is 9.91. The van der Waals surface area contributed by atoms with E-state index in [0.717, 1.165) is 70.7 Å². The molecule has 0 aromatic heterocycles. The first-order valence-electron chi connectivity index (χ1n) is 12.6. The molecular weight excluding hydrogens is 420 g/mol. The molecule has 0 heterocycles. The molecule has 0 aliphatic carbocycles. The van der Waals surface area contributed by atoms with Gasteiger partial charge in [0, 0.05) is 24.2 Å². The minimum absolute atomic E-state index is 0.364. The van der Waals surface area contributed by atoms with Gasteiger partial charge in [0.2, 0.25) is 0 Å². The Labute approximate surface area is 207 Å². The lowest BCUT2D eigenvalue weighted by molar-refractivity contribution is 0.290. The van der Waals surface area contributed by atoms with Crippen molar-refractivity contribution in [2.75, 3.05) is 26.2 Å². The van der Waals surface area contributed by atoms with Gasteiger partial charge in [-0.3, -0.25) is 9.80 Å². The number of nitrogens with zero attached hydrogens (tertiary/aromatic N) is 2. The molecule has 0 fully saturated rings. The third kappa shape index (κ3) is 7.22. The van der Waals surface area contributed by atoms with Crippen LogP contribution in [0, 0.1) is 0 Å². The second kappa shape index (κ2) is 12.8. The summed E-state index contributed by atoms with van der Waals surface area (Å²) in [6.07, 6.45) is 1.27. The summed E-state index contributed by atoms with van der Waals surface area (Å²) in [5.74, 6) is 0.728. The van der Waals surface area contributed by atoms with E-state index in [1.807, 2.05) is 13.8 Å². The molecule has 0 radical (unpaired) electrons. The maximum absolute atomic E-state index is 11.1. The fraction of sp³-hybridized carbons (Fsp3) is 0.467. The van der Waals surface area contributed by atoms with Crippen LogP contribution in [0.15, 0.2) is 48.6 Å².